The van der Waals surface area contributed by atoms with Gasteiger partial charge in [0, 0.05) is 32.7 Å². The second-order valence-electron chi connectivity index (χ2n) is 6.74. The number of nitrogens with zero attached hydrogens (tertiary/aromatic N) is 7. The Labute approximate surface area is 153 Å². The first kappa shape index (κ1) is 17.5. The number of rotatable bonds is 4. The molecule has 1 aliphatic rings. The Morgan fingerprint density at radius 3 is 2.70 bits per heavy atom. The SMILES string of the molecule is Cn1ncc2c(N3CCC(Cn4cnc(C(F)F)cc4=O)CC3)ncnc21. The van der Waals surface area contributed by atoms with Crippen LogP contribution in [0.4, 0.5) is 14.6 Å². The fourth-order valence-corrected chi connectivity index (χ4v) is 3.50. The lowest BCUT2D eigenvalue weighted by Gasteiger charge is -2.33. The van der Waals surface area contributed by atoms with Crippen molar-refractivity contribution in [2.45, 2.75) is 25.8 Å². The Hall–Kier alpha value is -2.91. The van der Waals surface area contributed by atoms with Crippen LogP contribution in [0.2, 0.25) is 0 Å². The molecule has 0 aromatic carbocycles. The zero-order valence-corrected chi connectivity index (χ0v) is 14.8. The molecule has 0 atom stereocenters. The smallest absolute Gasteiger partial charge is 0.280 e. The number of aryl methyl sites for hydroxylation is 1. The summed E-state index contributed by atoms with van der Waals surface area (Å²) in [6.07, 6.45) is 3.55. The summed E-state index contributed by atoms with van der Waals surface area (Å²) in [7, 11) is 1.84. The first-order chi connectivity index (χ1) is 13.0. The molecule has 1 saturated heterocycles. The molecule has 1 fully saturated rings. The van der Waals surface area contributed by atoms with E-state index in [9.17, 15) is 13.6 Å². The largest absolute Gasteiger partial charge is 0.356 e. The predicted molar refractivity (Wildman–Crippen MR) is 94.7 cm³/mol. The van der Waals surface area contributed by atoms with Gasteiger partial charge in [0.25, 0.3) is 12.0 Å². The van der Waals surface area contributed by atoms with Crippen molar-refractivity contribution in [3.63, 3.8) is 0 Å². The monoisotopic (exact) mass is 375 g/mol. The van der Waals surface area contributed by atoms with Gasteiger partial charge in [0.05, 0.1) is 17.9 Å². The Kier molecular flexibility index (Phi) is 4.54. The number of aromatic nitrogens is 6. The average molecular weight is 375 g/mol. The number of alkyl halides is 2. The van der Waals surface area contributed by atoms with Crippen LogP contribution in [0.1, 0.15) is 25.0 Å². The predicted octanol–water partition coefficient (Wildman–Crippen LogP) is 1.77. The fourth-order valence-electron chi connectivity index (χ4n) is 3.50. The number of halogens is 2. The van der Waals surface area contributed by atoms with E-state index in [2.05, 4.69) is 25.0 Å². The summed E-state index contributed by atoms with van der Waals surface area (Å²) in [5.74, 6) is 1.15. The van der Waals surface area contributed by atoms with Crippen molar-refractivity contribution >= 4 is 16.9 Å². The van der Waals surface area contributed by atoms with Gasteiger partial charge in [0.1, 0.15) is 17.8 Å². The molecule has 0 N–H and O–H groups in total. The van der Waals surface area contributed by atoms with Crippen LogP contribution in [0.3, 0.4) is 0 Å². The highest BCUT2D eigenvalue weighted by Crippen LogP contribution is 2.27. The molecule has 0 radical (unpaired) electrons. The van der Waals surface area contributed by atoms with E-state index in [1.54, 1.807) is 17.2 Å². The first-order valence-corrected chi connectivity index (χ1v) is 8.75. The van der Waals surface area contributed by atoms with Gasteiger partial charge in [-0.1, -0.05) is 0 Å². The van der Waals surface area contributed by atoms with E-state index in [4.69, 9.17) is 0 Å². The molecule has 3 aromatic rings. The summed E-state index contributed by atoms with van der Waals surface area (Å²) < 4.78 is 28.4. The molecule has 0 amide bonds. The lowest BCUT2D eigenvalue weighted by atomic mass is 9.96. The van der Waals surface area contributed by atoms with Crippen LogP contribution < -0.4 is 10.5 Å². The van der Waals surface area contributed by atoms with Gasteiger partial charge in [-0.15, -0.1) is 0 Å². The summed E-state index contributed by atoms with van der Waals surface area (Å²) >= 11 is 0. The number of hydrogen-bond acceptors (Lipinski definition) is 6. The van der Waals surface area contributed by atoms with Crippen molar-refractivity contribution in [2.75, 3.05) is 18.0 Å². The first-order valence-electron chi connectivity index (χ1n) is 8.75. The third-order valence-electron chi connectivity index (χ3n) is 5.00. The highest BCUT2D eigenvalue weighted by atomic mass is 19.3. The molecule has 8 nitrogen and oxygen atoms in total. The summed E-state index contributed by atoms with van der Waals surface area (Å²) in [6, 6.07) is 0.916. The van der Waals surface area contributed by atoms with Crippen LogP contribution in [-0.2, 0) is 13.6 Å². The molecule has 142 valence electrons. The number of fused-ring (bicyclic) bond motifs is 1. The van der Waals surface area contributed by atoms with Gasteiger partial charge in [-0.05, 0) is 18.8 Å². The molecule has 0 unspecified atom stereocenters. The molecule has 4 heterocycles. The quantitative estimate of drug-likeness (QED) is 0.691. The Morgan fingerprint density at radius 2 is 2.00 bits per heavy atom. The molecule has 10 heteroatoms. The van der Waals surface area contributed by atoms with Crippen LogP contribution in [0, 0.1) is 5.92 Å². The van der Waals surface area contributed by atoms with Gasteiger partial charge in [-0.25, -0.2) is 23.7 Å². The minimum atomic E-state index is -2.73. The van der Waals surface area contributed by atoms with Crippen molar-refractivity contribution in [3.05, 3.63) is 41.0 Å². The van der Waals surface area contributed by atoms with Crippen molar-refractivity contribution in [3.8, 4) is 0 Å². The molecule has 0 bridgehead atoms. The summed E-state index contributed by atoms with van der Waals surface area (Å²) in [5, 5.41) is 5.16. The summed E-state index contributed by atoms with van der Waals surface area (Å²) in [6.45, 7) is 2.07. The van der Waals surface area contributed by atoms with Gasteiger partial charge in [-0.2, -0.15) is 5.10 Å². The van der Waals surface area contributed by atoms with E-state index in [0.717, 1.165) is 48.8 Å². The van der Waals surface area contributed by atoms with Crippen molar-refractivity contribution in [2.24, 2.45) is 13.0 Å². The average Bonchev–Trinajstić information content (AvgIpc) is 3.05. The Bertz CT molecular complexity index is 1010. The van der Waals surface area contributed by atoms with Gasteiger partial charge in [0.2, 0.25) is 0 Å². The maximum Gasteiger partial charge on any atom is 0.280 e. The lowest BCUT2D eigenvalue weighted by Crippen LogP contribution is -2.37. The normalized spacial score (nSPS) is 15.8. The van der Waals surface area contributed by atoms with Gasteiger partial charge in [0.15, 0.2) is 5.65 Å². The summed E-state index contributed by atoms with van der Waals surface area (Å²) in [4.78, 5) is 26.6. The highest BCUT2D eigenvalue weighted by Gasteiger charge is 2.23. The van der Waals surface area contributed by atoms with Gasteiger partial charge >= 0.3 is 0 Å². The van der Waals surface area contributed by atoms with Crippen LogP contribution in [0.5, 0.6) is 0 Å². The van der Waals surface area contributed by atoms with Crippen molar-refractivity contribution < 1.29 is 8.78 Å². The third-order valence-corrected chi connectivity index (χ3v) is 5.00. The van der Waals surface area contributed by atoms with Gasteiger partial charge in [-0.3, -0.25) is 14.0 Å². The molecule has 0 spiro atoms. The van der Waals surface area contributed by atoms with Crippen molar-refractivity contribution in [1.82, 2.24) is 29.3 Å². The second kappa shape index (κ2) is 7.01. The summed E-state index contributed by atoms with van der Waals surface area (Å²) in [5.41, 5.74) is -0.121. The maximum absolute atomic E-state index is 12.6. The topological polar surface area (TPSA) is 81.7 Å². The molecular weight excluding hydrogens is 356 g/mol. The van der Waals surface area contributed by atoms with Crippen LogP contribution in [-0.4, -0.2) is 42.4 Å². The number of piperidine rings is 1. The van der Waals surface area contributed by atoms with E-state index < -0.39 is 17.7 Å². The Morgan fingerprint density at radius 1 is 1.22 bits per heavy atom. The minimum Gasteiger partial charge on any atom is -0.356 e. The van der Waals surface area contributed by atoms with E-state index in [0.29, 0.717) is 6.54 Å². The zero-order chi connectivity index (χ0) is 19.0. The molecule has 27 heavy (non-hydrogen) atoms. The zero-order valence-electron chi connectivity index (χ0n) is 14.8. The van der Waals surface area contributed by atoms with Crippen molar-refractivity contribution in [1.29, 1.82) is 0 Å². The third kappa shape index (κ3) is 3.38. The lowest BCUT2D eigenvalue weighted by molar-refractivity contribution is 0.145. The molecule has 4 rings (SSSR count). The van der Waals surface area contributed by atoms with E-state index in [1.807, 2.05) is 7.05 Å². The molecular formula is C17H19F2N7O. The highest BCUT2D eigenvalue weighted by molar-refractivity contribution is 5.86. The second-order valence-corrected chi connectivity index (χ2v) is 6.74. The van der Waals surface area contributed by atoms with Crippen LogP contribution in [0.25, 0.3) is 11.0 Å². The van der Waals surface area contributed by atoms with Crippen LogP contribution >= 0.6 is 0 Å². The van der Waals surface area contributed by atoms with E-state index in [1.165, 1.54) is 10.9 Å². The fraction of sp³-hybridized carbons (Fsp3) is 0.471. The maximum atomic E-state index is 12.6. The molecule has 1 aliphatic heterocycles. The standard InChI is InChI=1S/C17H19F2N7O/c1-24-16-12(7-23-24)17(21-9-20-16)25-4-2-11(3-5-25)8-26-10-22-13(15(18)19)6-14(26)27/h6-7,9-11,15H,2-5,8H2,1H3. The van der Waals surface area contributed by atoms with E-state index >= 15 is 0 Å². The minimum absolute atomic E-state index is 0.282. The van der Waals surface area contributed by atoms with Crippen LogP contribution in [0.15, 0.2) is 29.7 Å². The molecule has 3 aromatic heterocycles. The van der Waals surface area contributed by atoms with E-state index in [-0.39, 0.29) is 5.92 Å². The van der Waals surface area contributed by atoms with Gasteiger partial charge < -0.3 is 4.90 Å². The molecule has 0 saturated carbocycles. The number of hydrogen-bond donors (Lipinski definition) is 0. The number of anilines is 1. The molecule has 0 aliphatic carbocycles. The Balaban J connectivity index is 1.44.